The minimum Gasteiger partial charge on any atom is -0.310 e. The molecule has 1 heteroatoms. The van der Waals surface area contributed by atoms with E-state index in [4.69, 9.17) is 0 Å². The maximum absolute atomic E-state index is 3.99. The summed E-state index contributed by atoms with van der Waals surface area (Å²) < 4.78 is 0. The second-order valence-electron chi connectivity index (χ2n) is 10.9. The van der Waals surface area contributed by atoms with Crippen molar-refractivity contribution < 1.29 is 0 Å². The van der Waals surface area contributed by atoms with Gasteiger partial charge in [-0.15, -0.1) is 0 Å². The van der Waals surface area contributed by atoms with E-state index in [-0.39, 0.29) is 5.41 Å². The summed E-state index contributed by atoms with van der Waals surface area (Å²) in [5, 5.41) is 0. The standard InChI is InChI=1S/C35H47N/c1-6-9-11-13-16-30-19-23-32(24-20-30)36(34-18-15-17-29(8-3)28-34)33-25-21-31(22-26-33)35(4,5)27-14-12-10-7-2/h8,15,17-26,28H,3,6-7,9-14,16,27H2,1-2,4-5H3. The predicted octanol–water partition coefficient (Wildman–Crippen LogP) is 11.2. The molecule has 0 saturated carbocycles. The first-order valence-electron chi connectivity index (χ1n) is 14.2. The van der Waals surface area contributed by atoms with E-state index in [1.54, 1.807) is 0 Å². The molecule has 3 aromatic carbocycles. The van der Waals surface area contributed by atoms with E-state index in [0.717, 1.165) is 17.7 Å². The summed E-state index contributed by atoms with van der Waals surface area (Å²) in [6, 6.07) is 27.1. The van der Waals surface area contributed by atoms with Gasteiger partial charge in [0.2, 0.25) is 0 Å². The Morgan fingerprint density at radius 1 is 0.694 bits per heavy atom. The van der Waals surface area contributed by atoms with Gasteiger partial charge in [-0.3, -0.25) is 0 Å². The van der Waals surface area contributed by atoms with Gasteiger partial charge in [0.25, 0.3) is 0 Å². The normalized spacial score (nSPS) is 11.4. The van der Waals surface area contributed by atoms with Crippen molar-refractivity contribution in [1.29, 1.82) is 0 Å². The first kappa shape index (κ1) is 27.8. The smallest absolute Gasteiger partial charge is 0.0467 e. The molecule has 1 nitrogen and oxygen atoms in total. The van der Waals surface area contributed by atoms with Crippen LogP contribution in [0.4, 0.5) is 17.1 Å². The van der Waals surface area contributed by atoms with Crippen molar-refractivity contribution in [3.8, 4) is 0 Å². The number of nitrogens with zero attached hydrogens (tertiary/aromatic N) is 1. The van der Waals surface area contributed by atoms with Gasteiger partial charge >= 0.3 is 0 Å². The summed E-state index contributed by atoms with van der Waals surface area (Å²) in [4.78, 5) is 2.37. The zero-order valence-electron chi connectivity index (χ0n) is 23.2. The van der Waals surface area contributed by atoms with Crippen molar-refractivity contribution in [3.05, 3.63) is 96.1 Å². The van der Waals surface area contributed by atoms with Crippen LogP contribution in [-0.4, -0.2) is 0 Å². The molecule has 0 saturated heterocycles. The Labute approximate surface area is 221 Å². The summed E-state index contributed by atoms with van der Waals surface area (Å²) >= 11 is 0. The van der Waals surface area contributed by atoms with Crippen LogP contribution in [0.3, 0.4) is 0 Å². The molecular formula is C35H47N. The highest BCUT2D eigenvalue weighted by Crippen LogP contribution is 2.37. The molecule has 0 unspecified atom stereocenters. The summed E-state index contributed by atoms with van der Waals surface area (Å²) in [7, 11) is 0. The van der Waals surface area contributed by atoms with E-state index in [0.29, 0.717) is 0 Å². The van der Waals surface area contributed by atoms with Crippen LogP contribution in [0, 0.1) is 0 Å². The van der Waals surface area contributed by atoms with E-state index in [2.05, 4.69) is 112 Å². The van der Waals surface area contributed by atoms with Crippen molar-refractivity contribution >= 4 is 23.1 Å². The van der Waals surface area contributed by atoms with Crippen LogP contribution in [-0.2, 0) is 11.8 Å². The third kappa shape index (κ3) is 7.85. The lowest BCUT2D eigenvalue weighted by atomic mass is 9.80. The van der Waals surface area contributed by atoms with Crippen LogP contribution in [0.1, 0.15) is 102 Å². The predicted molar refractivity (Wildman–Crippen MR) is 161 cm³/mol. The van der Waals surface area contributed by atoms with E-state index < -0.39 is 0 Å². The molecule has 0 N–H and O–H groups in total. The molecule has 0 radical (unpaired) electrons. The third-order valence-corrected chi connectivity index (χ3v) is 7.44. The first-order chi connectivity index (χ1) is 17.5. The van der Waals surface area contributed by atoms with Crippen LogP contribution in [0.5, 0.6) is 0 Å². The van der Waals surface area contributed by atoms with Crippen molar-refractivity contribution in [3.63, 3.8) is 0 Å². The minimum atomic E-state index is 0.194. The molecular weight excluding hydrogens is 434 g/mol. The number of rotatable bonds is 15. The minimum absolute atomic E-state index is 0.194. The Morgan fingerprint density at radius 3 is 1.92 bits per heavy atom. The van der Waals surface area contributed by atoms with Gasteiger partial charge in [0, 0.05) is 17.1 Å². The SMILES string of the molecule is C=Cc1cccc(N(c2ccc(CCCCCC)cc2)c2ccc(C(C)(C)CCCCCC)cc2)c1. The molecule has 0 aliphatic heterocycles. The Hall–Kier alpha value is -2.80. The second kappa shape index (κ2) is 14.1. The molecule has 36 heavy (non-hydrogen) atoms. The Balaban J connectivity index is 1.86. The van der Waals surface area contributed by atoms with Crippen molar-refractivity contribution in [1.82, 2.24) is 0 Å². The quantitative estimate of drug-likeness (QED) is 0.195. The van der Waals surface area contributed by atoms with Crippen LogP contribution in [0.15, 0.2) is 79.4 Å². The monoisotopic (exact) mass is 481 g/mol. The van der Waals surface area contributed by atoms with Crippen LogP contribution in [0.2, 0.25) is 0 Å². The van der Waals surface area contributed by atoms with Gasteiger partial charge in [-0.2, -0.15) is 0 Å². The average Bonchev–Trinajstić information content (AvgIpc) is 2.90. The third-order valence-electron chi connectivity index (χ3n) is 7.44. The maximum Gasteiger partial charge on any atom is 0.0467 e. The molecule has 0 aromatic heterocycles. The molecule has 0 bridgehead atoms. The van der Waals surface area contributed by atoms with E-state index in [9.17, 15) is 0 Å². The lowest BCUT2D eigenvalue weighted by molar-refractivity contribution is 0.446. The molecule has 0 heterocycles. The van der Waals surface area contributed by atoms with E-state index in [1.165, 1.54) is 80.3 Å². The van der Waals surface area contributed by atoms with E-state index >= 15 is 0 Å². The lowest BCUT2D eigenvalue weighted by Gasteiger charge is -2.29. The number of benzene rings is 3. The van der Waals surface area contributed by atoms with Gasteiger partial charge in [-0.05, 0) is 77.8 Å². The van der Waals surface area contributed by atoms with Crippen molar-refractivity contribution in [2.75, 3.05) is 4.90 Å². The van der Waals surface area contributed by atoms with Gasteiger partial charge in [0.15, 0.2) is 0 Å². The molecule has 192 valence electrons. The molecule has 0 aliphatic rings. The van der Waals surface area contributed by atoms with Crippen LogP contribution < -0.4 is 4.90 Å². The van der Waals surface area contributed by atoms with Crippen molar-refractivity contribution in [2.24, 2.45) is 0 Å². The van der Waals surface area contributed by atoms with Gasteiger partial charge in [0.1, 0.15) is 0 Å². The molecule has 0 atom stereocenters. The molecule has 0 aliphatic carbocycles. The zero-order valence-corrected chi connectivity index (χ0v) is 23.2. The molecule has 0 spiro atoms. The number of anilines is 3. The number of aryl methyl sites for hydroxylation is 1. The highest BCUT2D eigenvalue weighted by atomic mass is 15.1. The maximum atomic E-state index is 3.99. The average molecular weight is 482 g/mol. The van der Waals surface area contributed by atoms with Gasteiger partial charge in [-0.25, -0.2) is 0 Å². The molecule has 0 amide bonds. The topological polar surface area (TPSA) is 3.24 Å². The largest absolute Gasteiger partial charge is 0.310 e. The molecule has 3 aromatic rings. The number of hydrogen-bond donors (Lipinski definition) is 0. The second-order valence-corrected chi connectivity index (χ2v) is 10.9. The zero-order chi connectivity index (χ0) is 25.8. The van der Waals surface area contributed by atoms with Crippen molar-refractivity contribution in [2.45, 2.75) is 97.3 Å². The first-order valence-corrected chi connectivity index (χ1v) is 14.2. The highest BCUT2D eigenvalue weighted by Gasteiger charge is 2.21. The van der Waals surface area contributed by atoms with Gasteiger partial charge < -0.3 is 4.90 Å². The summed E-state index contributed by atoms with van der Waals surface area (Å²) in [6.45, 7) is 13.3. The Morgan fingerprint density at radius 2 is 1.31 bits per heavy atom. The van der Waals surface area contributed by atoms with Gasteiger partial charge in [-0.1, -0.05) is 122 Å². The van der Waals surface area contributed by atoms with Crippen LogP contribution in [0.25, 0.3) is 6.08 Å². The summed E-state index contributed by atoms with van der Waals surface area (Å²) in [5.74, 6) is 0. The molecule has 3 rings (SSSR count). The fourth-order valence-electron chi connectivity index (χ4n) is 5.01. The Kier molecular flexibility index (Phi) is 10.9. The van der Waals surface area contributed by atoms with Gasteiger partial charge in [0.05, 0.1) is 0 Å². The summed E-state index contributed by atoms with van der Waals surface area (Å²) in [5.41, 5.74) is 7.72. The number of unbranched alkanes of at least 4 members (excludes halogenated alkanes) is 6. The lowest BCUT2D eigenvalue weighted by Crippen LogP contribution is -2.17. The molecule has 0 fully saturated rings. The Bertz CT molecular complexity index is 1040. The fourth-order valence-corrected chi connectivity index (χ4v) is 5.01. The fraction of sp³-hybridized carbons (Fsp3) is 0.429. The highest BCUT2D eigenvalue weighted by molar-refractivity contribution is 5.78. The van der Waals surface area contributed by atoms with E-state index in [1.807, 2.05) is 6.08 Å². The van der Waals surface area contributed by atoms with Crippen LogP contribution >= 0.6 is 0 Å². The summed E-state index contributed by atoms with van der Waals surface area (Å²) in [6.07, 6.45) is 14.8. The number of hydrogen-bond acceptors (Lipinski definition) is 1.